The van der Waals surface area contributed by atoms with Crippen molar-refractivity contribution in [2.24, 2.45) is 4.99 Å². The minimum Gasteiger partial charge on any atom is -0.463 e. The van der Waals surface area contributed by atoms with Crippen molar-refractivity contribution in [3.8, 4) is 5.75 Å². The predicted molar refractivity (Wildman–Crippen MR) is 43.2 cm³/mol. The predicted octanol–water partition coefficient (Wildman–Crippen LogP) is 2.10. The zero-order valence-electron chi connectivity index (χ0n) is 5.82. The summed E-state index contributed by atoms with van der Waals surface area (Å²) in [6.45, 7) is 0. The minimum atomic E-state index is 0.748. The van der Waals surface area contributed by atoms with Gasteiger partial charge in [-0.3, -0.25) is 4.99 Å². The van der Waals surface area contributed by atoms with E-state index in [9.17, 15) is 0 Å². The van der Waals surface area contributed by atoms with Gasteiger partial charge in [-0.15, -0.1) is 0 Å². The fourth-order valence-electron chi connectivity index (χ4n) is 0.879. The zero-order chi connectivity index (χ0) is 7.52. The van der Waals surface area contributed by atoms with E-state index in [-0.39, 0.29) is 0 Å². The molecule has 0 spiro atoms. The molecule has 2 rings (SSSR count). The number of rotatable bonds is 0. The molecule has 1 aliphatic rings. The molecule has 1 radical (unpaired) electrons. The Kier molecular flexibility index (Phi) is 1.44. The van der Waals surface area contributed by atoms with Gasteiger partial charge in [0.25, 0.3) is 0 Å². The van der Waals surface area contributed by atoms with Crippen molar-refractivity contribution in [3.63, 3.8) is 0 Å². The van der Waals surface area contributed by atoms with Gasteiger partial charge in [0.15, 0.2) is 5.75 Å². The van der Waals surface area contributed by atoms with Gasteiger partial charge in [0.2, 0.25) is 0 Å². The standard InChI is InChI=1S/C9H6NO/c1-2-5-9-8(4-1)10-6-3-7-11-9/h1,3-7H. The lowest BCUT2D eigenvalue weighted by Crippen LogP contribution is -1.79. The van der Waals surface area contributed by atoms with Crippen molar-refractivity contribution in [1.29, 1.82) is 0 Å². The van der Waals surface area contributed by atoms with Crippen molar-refractivity contribution in [2.75, 3.05) is 0 Å². The number of ether oxygens (including phenoxy) is 1. The molecule has 0 saturated carbocycles. The van der Waals surface area contributed by atoms with Gasteiger partial charge in [-0.05, 0) is 24.3 Å². The quantitative estimate of drug-likeness (QED) is 0.546. The maximum Gasteiger partial charge on any atom is 0.152 e. The van der Waals surface area contributed by atoms with E-state index < -0.39 is 0 Å². The van der Waals surface area contributed by atoms with E-state index >= 15 is 0 Å². The number of nitrogens with zero attached hydrogens (tertiary/aromatic N) is 1. The summed E-state index contributed by atoms with van der Waals surface area (Å²) < 4.78 is 5.21. The Morgan fingerprint density at radius 1 is 1.45 bits per heavy atom. The van der Waals surface area contributed by atoms with Gasteiger partial charge in [0.1, 0.15) is 5.69 Å². The summed E-state index contributed by atoms with van der Waals surface area (Å²) in [4.78, 5) is 4.13. The molecule has 0 aliphatic carbocycles. The van der Waals surface area contributed by atoms with Gasteiger partial charge in [0.05, 0.1) is 6.26 Å². The molecule has 0 bridgehead atoms. The molecular weight excluding hydrogens is 138 g/mol. The van der Waals surface area contributed by atoms with Crippen molar-refractivity contribution in [1.82, 2.24) is 0 Å². The highest BCUT2D eigenvalue weighted by molar-refractivity contribution is 5.76. The van der Waals surface area contributed by atoms with Gasteiger partial charge < -0.3 is 4.74 Å². The zero-order valence-corrected chi connectivity index (χ0v) is 5.82. The molecule has 1 aromatic rings. The summed E-state index contributed by atoms with van der Waals surface area (Å²) in [5, 5.41) is 0. The number of hydrogen-bond donors (Lipinski definition) is 0. The third kappa shape index (κ3) is 1.15. The number of fused-ring (bicyclic) bond motifs is 1. The third-order valence-electron chi connectivity index (χ3n) is 1.38. The highest BCUT2D eigenvalue weighted by atomic mass is 16.5. The summed E-state index contributed by atoms with van der Waals surface area (Å²) in [5.41, 5.74) is 0.841. The van der Waals surface area contributed by atoms with Gasteiger partial charge in [-0.2, -0.15) is 0 Å². The van der Waals surface area contributed by atoms with Gasteiger partial charge in [-0.1, -0.05) is 6.07 Å². The Hall–Kier alpha value is -1.57. The van der Waals surface area contributed by atoms with Crippen LogP contribution in [0.5, 0.6) is 5.75 Å². The van der Waals surface area contributed by atoms with E-state index in [4.69, 9.17) is 4.74 Å². The first kappa shape index (κ1) is 6.16. The maximum absolute atomic E-state index is 5.21. The second-order valence-electron chi connectivity index (χ2n) is 2.12. The highest BCUT2D eigenvalue weighted by Crippen LogP contribution is 2.27. The second-order valence-corrected chi connectivity index (χ2v) is 2.12. The third-order valence-corrected chi connectivity index (χ3v) is 1.38. The van der Waals surface area contributed by atoms with E-state index in [0.717, 1.165) is 11.4 Å². The first-order valence-electron chi connectivity index (χ1n) is 3.33. The van der Waals surface area contributed by atoms with Crippen LogP contribution in [-0.4, -0.2) is 6.21 Å². The van der Waals surface area contributed by atoms with Crippen LogP contribution in [0, 0.1) is 6.07 Å². The molecule has 0 atom stereocenters. The van der Waals surface area contributed by atoms with Crippen LogP contribution >= 0.6 is 0 Å². The van der Waals surface area contributed by atoms with E-state index in [2.05, 4.69) is 11.1 Å². The monoisotopic (exact) mass is 144 g/mol. The van der Waals surface area contributed by atoms with E-state index in [1.165, 1.54) is 0 Å². The largest absolute Gasteiger partial charge is 0.463 e. The Bertz CT molecular complexity index is 315. The Morgan fingerprint density at radius 2 is 2.45 bits per heavy atom. The van der Waals surface area contributed by atoms with Crippen LogP contribution in [-0.2, 0) is 0 Å². The van der Waals surface area contributed by atoms with E-state index in [0.29, 0.717) is 0 Å². The summed E-state index contributed by atoms with van der Waals surface area (Å²) in [5.74, 6) is 0.748. The fraction of sp³-hybridized carbons (Fsp3) is 0. The molecule has 1 aliphatic heterocycles. The van der Waals surface area contributed by atoms with Crippen molar-refractivity contribution >= 4 is 11.9 Å². The molecule has 2 nitrogen and oxygen atoms in total. The van der Waals surface area contributed by atoms with Gasteiger partial charge >= 0.3 is 0 Å². The van der Waals surface area contributed by atoms with Crippen LogP contribution in [0.15, 0.2) is 35.5 Å². The van der Waals surface area contributed by atoms with Crippen LogP contribution < -0.4 is 4.74 Å². The van der Waals surface area contributed by atoms with Crippen LogP contribution in [0.1, 0.15) is 0 Å². The molecule has 1 aromatic carbocycles. The van der Waals surface area contributed by atoms with Crippen LogP contribution in [0.2, 0.25) is 0 Å². The molecular formula is C9H6NO. The van der Waals surface area contributed by atoms with Crippen LogP contribution in [0.25, 0.3) is 0 Å². The van der Waals surface area contributed by atoms with Crippen molar-refractivity contribution in [3.05, 3.63) is 36.6 Å². The van der Waals surface area contributed by atoms with Crippen molar-refractivity contribution in [2.45, 2.75) is 0 Å². The summed E-state index contributed by atoms with van der Waals surface area (Å²) in [7, 11) is 0. The van der Waals surface area contributed by atoms with Gasteiger partial charge in [0, 0.05) is 6.21 Å². The Morgan fingerprint density at radius 3 is 3.45 bits per heavy atom. The summed E-state index contributed by atoms with van der Waals surface area (Å²) >= 11 is 0. The molecule has 11 heavy (non-hydrogen) atoms. The fourth-order valence-corrected chi connectivity index (χ4v) is 0.879. The molecule has 53 valence electrons. The lowest BCUT2D eigenvalue weighted by molar-refractivity contribution is 0.484. The molecule has 0 fully saturated rings. The Labute approximate surface area is 64.8 Å². The molecule has 0 aromatic heterocycles. The van der Waals surface area contributed by atoms with Gasteiger partial charge in [-0.25, -0.2) is 0 Å². The lowest BCUT2D eigenvalue weighted by atomic mass is 10.3. The molecule has 0 saturated heterocycles. The van der Waals surface area contributed by atoms with E-state index in [1.807, 2.05) is 12.1 Å². The van der Waals surface area contributed by atoms with E-state index in [1.54, 1.807) is 24.6 Å². The maximum atomic E-state index is 5.21. The molecule has 0 unspecified atom stereocenters. The normalized spacial score (nSPS) is 13.5. The lowest BCUT2D eigenvalue weighted by Gasteiger charge is -1.99. The van der Waals surface area contributed by atoms with Crippen molar-refractivity contribution < 1.29 is 4.74 Å². The average Bonchev–Trinajstić information content (AvgIpc) is 2.28. The smallest absolute Gasteiger partial charge is 0.152 e. The summed E-state index contributed by atoms with van der Waals surface area (Å²) in [6.07, 6.45) is 5.05. The number of benzene rings is 1. The van der Waals surface area contributed by atoms with Crippen LogP contribution in [0.3, 0.4) is 0 Å². The number of hydrogen-bond acceptors (Lipinski definition) is 2. The molecule has 0 N–H and O–H groups in total. The number of allylic oxidation sites excluding steroid dienone is 1. The highest BCUT2D eigenvalue weighted by Gasteiger charge is 1.99. The van der Waals surface area contributed by atoms with Crippen LogP contribution in [0.4, 0.5) is 5.69 Å². The Balaban J connectivity index is 2.52. The number of aliphatic imine (C=N–C) groups is 1. The molecule has 1 heterocycles. The second kappa shape index (κ2) is 2.58. The summed E-state index contributed by atoms with van der Waals surface area (Å²) in [6, 6.07) is 8.35. The average molecular weight is 144 g/mol. The molecule has 0 amide bonds. The first-order chi connectivity index (χ1) is 5.47. The molecule has 2 heteroatoms. The minimum absolute atomic E-state index is 0.748. The topological polar surface area (TPSA) is 21.6 Å². The first-order valence-corrected chi connectivity index (χ1v) is 3.33. The SMILES string of the molecule is [c]1ccc2c(c1)OC=CC=N2.